The lowest BCUT2D eigenvalue weighted by Crippen LogP contribution is -2.43. The number of aliphatic carboxylic acids is 1. The third-order valence-corrected chi connectivity index (χ3v) is 1.85. The van der Waals surface area contributed by atoms with Crippen LogP contribution in [0.25, 0.3) is 10.4 Å². The third-order valence-electron chi connectivity index (χ3n) is 1.85. The van der Waals surface area contributed by atoms with Crippen LogP contribution >= 0.6 is 0 Å². The quantitative estimate of drug-likeness (QED) is 0.431. The average Bonchev–Trinajstić information content (AvgIpc) is 2.21. The smallest absolute Gasteiger partial charge is 0.0585 e. The highest BCUT2D eigenvalue weighted by Gasteiger charge is 2.04. The van der Waals surface area contributed by atoms with Gasteiger partial charge in [-0.1, -0.05) is 29.4 Å². The molecule has 0 aromatic heterocycles. The number of carboxylic acids is 1. The molecule has 0 heterocycles. The normalized spacial score (nSPS) is 11.5. The Morgan fingerprint density at radius 1 is 1.53 bits per heavy atom. The van der Waals surface area contributed by atoms with Crippen molar-refractivity contribution in [3.8, 4) is 0 Å². The van der Waals surface area contributed by atoms with Crippen molar-refractivity contribution in [3.05, 3.63) is 40.3 Å². The number of rotatable bonds is 4. The fourth-order valence-corrected chi connectivity index (χ4v) is 1.09. The summed E-state index contributed by atoms with van der Waals surface area (Å²) in [6.45, 7) is 0. The molecule has 0 saturated heterocycles. The van der Waals surface area contributed by atoms with E-state index >= 15 is 0 Å². The van der Waals surface area contributed by atoms with Crippen molar-refractivity contribution in [2.75, 3.05) is 0 Å². The van der Waals surface area contributed by atoms with Crippen LogP contribution in [-0.2, 0) is 11.2 Å². The van der Waals surface area contributed by atoms with Gasteiger partial charge in [-0.25, -0.2) is 0 Å². The molecular formula is C9H9N4O2-. The zero-order valence-corrected chi connectivity index (χ0v) is 7.83. The second kappa shape index (κ2) is 4.99. The first-order valence-electron chi connectivity index (χ1n) is 4.24. The zero-order valence-electron chi connectivity index (χ0n) is 7.83. The molecule has 6 nitrogen and oxygen atoms in total. The predicted molar refractivity (Wildman–Crippen MR) is 51.9 cm³/mol. The largest absolute Gasteiger partial charge is 0.548 e. The van der Waals surface area contributed by atoms with Gasteiger partial charge in [0, 0.05) is 16.6 Å². The van der Waals surface area contributed by atoms with E-state index in [1.54, 1.807) is 24.3 Å². The fourth-order valence-electron chi connectivity index (χ4n) is 1.09. The first-order valence-corrected chi connectivity index (χ1v) is 4.24. The standard InChI is InChI=1S/C9H10N4O2/c10-8(9(14)15)5-6-1-3-7(4-2-6)12-13-11/h1-4,8H,5,10H2,(H,14,15)/p-1/t8-/m0/s1. The van der Waals surface area contributed by atoms with Crippen molar-refractivity contribution >= 4 is 11.7 Å². The second-order valence-corrected chi connectivity index (χ2v) is 2.99. The number of carbonyl (C=O) groups is 1. The summed E-state index contributed by atoms with van der Waals surface area (Å²) in [5.41, 5.74) is 14.7. The van der Waals surface area contributed by atoms with Crippen LogP contribution in [0.15, 0.2) is 29.4 Å². The van der Waals surface area contributed by atoms with Gasteiger partial charge in [-0.3, -0.25) is 0 Å². The van der Waals surface area contributed by atoms with Crippen molar-refractivity contribution in [1.29, 1.82) is 0 Å². The van der Waals surface area contributed by atoms with Crippen molar-refractivity contribution in [1.82, 2.24) is 0 Å². The highest BCUT2D eigenvalue weighted by Crippen LogP contribution is 2.13. The predicted octanol–water partition coefficient (Wildman–Crippen LogP) is 0.248. The van der Waals surface area contributed by atoms with Crippen LogP contribution in [0.2, 0.25) is 0 Å². The molecule has 1 rings (SSSR count). The van der Waals surface area contributed by atoms with Crippen LogP contribution in [0.3, 0.4) is 0 Å². The number of hydrogen-bond donors (Lipinski definition) is 1. The van der Waals surface area contributed by atoms with Gasteiger partial charge >= 0.3 is 0 Å². The van der Waals surface area contributed by atoms with E-state index in [9.17, 15) is 9.90 Å². The Hall–Kier alpha value is -2.04. The molecular weight excluding hydrogens is 196 g/mol. The first-order chi connectivity index (χ1) is 7.13. The van der Waals surface area contributed by atoms with Crippen molar-refractivity contribution in [2.24, 2.45) is 10.8 Å². The molecule has 0 fully saturated rings. The number of nitrogens with zero attached hydrogens (tertiary/aromatic N) is 3. The molecule has 0 bridgehead atoms. The average molecular weight is 205 g/mol. The van der Waals surface area contributed by atoms with E-state index in [1.807, 2.05) is 0 Å². The van der Waals surface area contributed by atoms with Crippen molar-refractivity contribution in [2.45, 2.75) is 12.5 Å². The molecule has 0 aliphatic rings. The highest BCUT2D eigenvalue weighted by molar-refractivity contribution is 5.71. The Morgan fingerprint density at radius 2 is 2.13 bits per heavy atom. The lowest BCUT2D eigenvalue weighted by molar-refractivity contribution is -0.307. The topological polar surface area (TPSA) is 115 Å². The van der Waals surface area contributed by atoms with E-state index in [0.29, 0.717) is 5.69 Å². The summed E-state index contributed by atoms with van der Waals surface area (Å²) in [5.74, 6) is -1.28. The van der Waals surface area contributed by atoms with Gasteiger partial charge in [0.05, 0.1) is 5.97 Å². The van der Waals surface area contributed by atoms with Gasteiger partial charge in [0.1, 0.15) is 0 Å². The number of nitrogens with two attached hydrogens (primary N) is 1. The zero-order chi connectivity index (χ0) is 11.3. The van der Waals surface area contributed by atoms with Crippen molar-refractivity contribution < 1.29 is 9.90 Å². The molecule has 1 aromatic carbocycles. The summed E-state index contributed by atoms with van der Waals surface area (Å²) in [6, 6.07) is 5.49. The number of carboxylic acid groups (broad SMARTS) is 1. The number of hydrogen-bond acceptors (Lipinski definition) is 4. The molecule has 0 spiro atoms. The van der Waals surface area contributed by atoms with Gasteiger partial charge in [-0.2, -0.15) is 0 Å². The summed E-state index contributed by atoms with van der Waals surface area (Å²) in [6.07, 6.45) is 0.193. The van der Waals surface area contributed by atoms with E-state index in [1.165, 1.54) is 0 Å². The maximum Gasteiger partial charge on any atom is 0.0585 e. The lowest BCUT2D eigenvalue weighted by atomic mass is 10.1. The van der Waals surface area contributed by atoms with Gasteiger partial charge in [0.15, 0.2) is 0 Å². The molecule has 2 N–H and O–H groups in total. The van der Waals surface area contributed by atoms with Gasteiger partial charge in [-0.05, 0) is 17.5 Å². The minimum absolute atomic E-state index is 0.193. The molecule has 1 aromatic rings. The van der Waals surface area contributed by atoms with Gasteiger partial charge in [0.25, 0.3) is 0 Å². The maximum absolute atomic E-state index is 10.4. The summed E-state index contributed by atoms with van der Waals surface area (Å²) >= 11 is 0. The Kier molecular flexibility index (Phi) is 3.68. The number of benzene rings is 1. The number of azide groups is 1. The third kappa shape index (κ3) is 3.30. The Balaban J connectivity index is 2.72. The maximum atomic E-state index is 10.4. The highest BCUT2D eigenvalue weighted by atomic mass is 16.4. The summed E-state index contributed by atoms with van der Waals surface area (Å²) in [5, 5.41) is 13.8. The molecule has 0 unspecified atom stereocenters. The van der Waals surface area contributed by atoms with E-state index in [0.717, 1.165) is 5.56 Å². The van der Waals surface area contributed by atoms with Gasteiger partial charge in [-0.15, -0.1) is 0 Å². The fraction of sp³-hybridized carbons (Fsp3) is 0.222. The Morgan fingerprint density at radius 3 is 2.60 bits per heavy atom. The van der Waals surface area contributed by atoms with Crippen LogP contribution < -0.4 is 10.8 Å². The van der Waals surface area contributed by atoms with Crippen molar-refractivity contribution in [3.63, 3.8) is 0 Å². The minimum atomic E-state index is -1.28. The second-order valence-electron chi connectivity index (χ2n) is 2.99. The monoisotopic (exact) mass is 205 g/mol. The van der Waals surface area contributed by atoms with E-state index in [-0.39, 0.29) is 6.42 Å². The minimum Gasteiger partial charge on any atom is -0.548 e. The lowest BCUT2D eigenvalue weighted by Gasteiger charge is -2.12. The molecule has 0 amide bonds. The van der Waals surface area contributed by atoms with Crippen LogP contribution in [-0.4, -0.2) is 12.0 Å². The molecule has 0 saturated carbocycles. The van der Waals surface area contributed by atoms with Crippen LogP contribution in [0, 0.1) is 0 Å². The summed E-state index contributed by atoms with van der Waals surface area (Å²) in [7, 11) is 0. The van der Waals surface area contributed by atoms with Gasteiger partial charge in [0.2, 0.25) is 0 Å². The van der Waals surface area contributed by atoms with E-state index < -0.39 is 12.0 Å². The molecule has 78 valence electrons. The first kappa shape index (κ1) is 11.0. The SMILES string of the molecule is [N-]=[N+]=Nc1ccc(C[C@H](N)C(=O)[O-])cc1. The molecule has 0 aliphatic heterocycles. The van der Waals surface area contributed by atoms with Crippen LogP contribution in [0.1, 0.15) is 5.56 Å². The van der Waals surface area contributed by atoms with Crippen LogP contribution in [0.4, 0.5) is 5.69 Å². The van der Waals surface area contributed by atoms with E-state index in [2.05, 4.69) is 10.0 Å². The molecule has 1 atom stereocenters. The summed E-state index contributed by atoms with van der Waals surface area (Å²) in [4.78, 5) is 13.0. The van der Waals surface area contributed by atoms with Crippen LogP contribution in [0.5, 0.6) is 0 Å². The Labute approximate surface area is 86.0 Å². The Bertz CT molecular complexity index is 395. The summed E-state index contributed by atoms with van der Waals surface area (Å²) < 4.78 is 0. The molecule has 0 radical (unpaired) electrons. The molecule has 0 aliphatic carbocycles. The van der Waals surface area contributed by atoms with Gasteiger partial charge < -0.3 is 15.6 Å². The van der Waals surface area contributed by atoms with E-state index in [4.69, 9.17) is 11.3 Å². The molecule has 6 heteroatoms. The molecule has 15 heavy (non-hydrogen) atoms. The number of carbonyl (C=O) groups excluding carboxylic acids is 1.